The molecule has 0 atom stereocenters. The standard InChI is InChI=1S/C25H35N3O5S/c1-4-15-27(2)16-7-5-6-8-17-31-23-12-10-22(11-13-23)28(3)34(29,30)26-19-21-9-14-24-25(18-21)33-20-32-24/h4,9-14,18,26H,1,5-8,15-17,19-20H2,2-3H3. The maximum absolute atomic E-state index is 12.7. The van der Waals surface area contributed by atoms with Gasteiger partial charge in [-0.15, -0.1) is 6.58 Å². The van der Waals surface area contributed by atoms with Crippen LogP contribution in [-0.2, 0) is 16.8 Å². The smallest absolute Gasteiger partial charge is 0.301 e. The Morgan fingerprint density at radius 1 is 1.03 bits per heavy atom. The average molecular weight is 490 g/mol. The maximum atomic E-state index is 12.7. The van der Waals surface area contributed by atoms with E-state index in [-0.39, 0.29) is 13.3 Å². The van der Waals surface area contributed by atoms with E-state index in [1.165, 1.54) is 24.2 Å². The second kappa shape index (κ2) is 12.6. The summed E-state index contributed by atoms with van der Waals surface area (Å²) < 4.78 is 45.7. The summed E-state index contributed by atoms with van der Waals surface area (Å²) in [6, 6.07) is 12.4. The summed E-state index contributed by atoms with van der Waals surface area (Å²) in [7, 11) is -0.0947. The van der Waals surface area contributed by atoms with Crippen LogP contribution < -0.4 is 23.2 Å². The molecule has 186 valence electrons. The largest absolute Gasteiger partial charge is 0.494 e. The summed E-state index contributed by atoms with van der Waals surface area (Å²) in [6.45, 7) is 6.73. The third-order valence-electron chi connectivity index (χ3n) is 5.60. The first-order valence-electron chi connectivity index (χ1n) is 11.5. The van der Waals surface area contributed by atoms with Crippen LogP contribution in [0.3, 0.4) is 0 Å². The Labute approximate surface area is 203 Å². The van der Waals surface area contributed by atoms with Crippen LogP contribution in [0.2, 0.25) is 0 Å². The minimum atomic E-state index is -3.72. The number of benzene rings is 2. The van der Waals surface area contributed by atoms with Crippen molar-refractivity contribution < 1.29 is 22.6 Å². The van der Waals surface area contributed by atoms with E-state index in [9.17, 15) is 8.42 Å². The van der Waals surface area contributed by atoms with Gasteiger partial charge in [0.1, 0.15) is 5.75 Å². The summed E-state index contributed by atoms with van der Waals surface area (Å²) >= 11 is 0. The third-order valence-corrected chi connectivity index (χ3v) is 7.04. The second-order valence-corrected chi connectivity index (χ2v) is 10.1. The zero-order valence-corrected chi connectivity index (χ0v) is 20.9. The highest BCUT2D eigenvalue weighted by molar-refractivity contribution is 7.90. The molecule has 0 amide bonds. The molecule has 0 saturated heterocycles. The van der Waals surface area contributed by atoms with Crippen molar-refractivity contribution in [1.29, 1.82) is 0 Å². The minimum absolute atomic E-state index is 0.148. The van der Waals surface area contributed by atoms with Crippen molar-refractivity contribution >= 4 is 15.9 Å². The van der Waals surface area contributed by atoms with Gasteiger partial charge in [0.15, 0.2) is 11.5 Å². The zero-order valence-electron chi connectivity index (χ0n) is 20.0. The number of nitrogens with one attached hydrogen (secondary N) is 1. The first kappa shape index (κ1) is 25.9. The van der Waals surface area contributed by atoms with Crippen molar-refractivity contribution in [2.45, 2.75) is 32.2 Å². The van der Waals surface area contributed by atoms with E-state index in [1.54, 1.807) is 36.4 Å². The number of anilines is 1. The van der Waals surface area contributed by atoms with Crippen molar-refractivity contribution in [3.05, 3.63) is 60.7 Å². The normalized spacial score (nSPS) is 12.7. The van der Waals surface area contributed by atoms with Crippen LogP contribution in [-0.4, -0.2) is 53.9 Å². The van der Waals surface area contributed by atoms with Crippen molar-refractivity contribution in [3.63, 3.8) is 0 Å². The Balaban J connectivity index is 1.39. The molecule has 0 aromatic heterocycles. The van der Waals surface area contributed by atoms with E-state index in [1.807, 2.05) is 12.1 Å². The molecule has 0 aliphatic carbocycles. The van der Waals surface area contributed by atoms with Crippen LogP contribution in [0.15, 0.2) is 55.1 Å². The Hall–Kier alpha value is -2.75. The Morgan fingerprint density at radius 3 is 2.53 bits per heavy atom. The molecule has 1 N–H and O–H groups in total. The number of rotatable bonds is 15. The first-order chi connectivity index (χ1) is 16.4. The highest BCUT2D eigenvalue weighted by atomic mass is 32.2. The van der Waals surface area contributed by atoms with Crippen LogP contribution in [0.25, 0.3) is 0 Å². The van der Waals surface area contributed by atoms with Gasteiger partial charge in [0, 0.05) is 20.1 Å². The third kappa shape index (κ3) is 7.65. The first-order valence-corrected chi connectivity index (χ1v) is 13.0. The van der Waals surface area contributed by atoms with E-state index < -0.39 is 10.2 Å². The molecule has 0 radical (unpaired) electrons. The van der Waals surface area contributed by atoms with Gasteiger partial charge in [-0.05, 0) is 68.4 Å². The predicted octanol–water partition coefficient (Wildman–Crippen LogP) is 3.94. The molecule has 0 saturated carbocycles. The molecule has 0 bridgehead atoms. The molecule has 1 aliphatic heterocycles. The second-order valence-electron chi connectivity index (χ2n) is 8.29. The lowest BCUT2D eigenvalue weighted by molar-refractivity contribution is 0.174. The van der Waals surface area contributed by atoms with Gasteiger partial charge in [-0.25, -0.2) is 0 Å². The number of unbranched alkanes of at least 4 members (excludes halogenated alkanes) is 3. The van der Waals surface area contributed by atoms with E-state index in [0.717, 1.165) is 37.2 Å². The van der Waals surface area contributed by atoms with Crippen LogP contribution >= 0.6 is 0 Å². The monoisotopic (exact) mass is 489 g/mol. The van der Waals surface area contributed by atoms with Crippen molar-refractivity contribution in [3.8, 4) is 17.2 Å². The van der Waals surface area contributed by atoms with Gasteiger partial charge in [0.05, 0.1) is 12.3 Å². The fraction of sp³-hybridized carbons (Fsp3) is 0.440. The topological polar surface area (TPSA) is 80.3 Å². The summed E-state index contributed by atoms with van der Waals surface area (Å²) in [5.74, 6) is 2.02. The summed E-state index contributed by atoms with van der Waals surface area (Å²) in [6.07, 6.45) is 6.37. The van der Waals surface area contributed by atoms with Gasteiger partial charge in [-0.2, -0.15) is 13.1 Å². The number of ether oxygens (including phenoxy) is 3. The van der Waals surface area contributed by atoms with Crippen LogP contribution in [0, 0.1) is 0 Å². The van der Waals surface area contributed by atoms with E-state index >= 15 is 0 Å². The molecule has 0 unspecified atom stereocenters. The predicted molar refractivity (Wildman–Crippen MR) is 135 cm³/mol. The Morgan fingerprint density at radius 2 is 1.76 bits per heavy atom. The van der Waals surface area contributed by atoms with Gasteiger partial charge in [0.25, 0.3) is 0 Å². The quantitative estimate of drug-likeness (QED) is 0.302. The average Bonchev–Trinajstić information content (AvgIpc) is 3.30. The lowest BCUT2D eigenvalue weighted by atomic mass is 10.2. The maximum Gasteiger partial charge on any atom is 0.301 e. The molecule has 0 spiro atoms. The number of likely N-dealkylation sites (N-methyl/N-ethyl adjacent to an activating group) is 1. The molecular formula is C25H35N3O5S. The van der Waals surface area contributed by atoms with Gasteiger partial charge < -0.3 is 19.1 Å². The molecule has 8 nitrogen and oxygen atoms in total. The van der Waals surface area contributed by atoms with E-state index in [4.69, 9.17) is 14.2 Å². The SMILES string of the molecule is C=CCN(C)CCCCCCOc1ccc(N(C)S(=O)(=O)NCc2ccc3c(c2)OCO3)cc1. The molecule has 2 aromatic rings. The highest BCUT2D eigenvalue weighted by Gasteiger charge is 2.19. The molecule has 0 fully saturated rings. The van der Waals surface area contributed by atoms with Crippen LogP contribution in [0.4, 0.5) is 5.69 Å². The van der Waals surface area contributed by atoms with Crippen molar-refractivity contribution in [1.82, 2.24) is 9.62 Å². The molecule has 1 aliphatic rings. The zero-order chi connectivity index (χ0) is 24.4. The van der Waals surface area contributed by atoms with Crippen LogP contribution in [0.1, 0.15) is 31.2 Å². The van der Waals surface area contributed by atoms with Crippen LogP contribution in [0.5, 0.6) is 17.2 Å². The number of hydrogen-bond acceptors (Lipinski definition) is 6. The minimum Gasteiger partial charge on any atom is -0.494 e. The molecule has 1 heterocycles. The van der Waals surface area contributed by atoms with Gasteiger partial charge in [-0.3, -0.25) is 4.31 Å². The van der Waals surface area contributed by atoms with Gasteiger partial charge in [-0.1, -0.05) is 25.0 Å². The number of fused-ring (bicyclic) bond motifs is 1. The molecule has 2 aromatic carbocycles. The molecule has 9 heteroatoms. The summed E-state index contributed by atoms with van der Waals surface area (Å²) in [5.41, 5.74) is 1.34. The number of hydrogen-bond donors (Lipinski definition) is 1. The summed E-state index contributed by atoms with van der Waals surface area (Å²) in [4.78, 5) is 2.26. The molecule has 3 rings (SSSR count). The van der Waals surface area contributed by atoms with E-state index in [0.29, 0.717) is 23.8 Å². The lowest BCUT2D eigenvalue weighted by Gasteiger charge is -2.20. The Kier molecular flexibility index (Phi) is 9.62. The molecule has 34 heavy (non-hydrogen) atoms. The highest BCUT2D eigenvalue weighted by Crippen LogP contribution is 2.32. The number of nitrogens with zero attached hydrogens (tertiary/aromatic N) is 2. The lowest BCUT2D eigenvalue weighted by Crippen LogP contribution is -2.37. The summed E-state index contributed by atoms with van der Waals surface area (Å²) in [5, 5.41) is 0. The fourth-order valence-electron chi connectivity index (χ4n) is 3.55. The van der Waals surface area contributed by atoms with Gasteiger partial charge >= 0.3 is 10.2 Å². The molecular weight excluding hydrogens is 454 g/mol. The van der Waals surface area contributed by atoms with Crippen molar-refractivity contribution in [2.75, 3.05) is 44.9 Å². The van der Waals surface area contributed by atoms with E-state index in [2.05, 4.69) is 23.2 Å². The van der Waals surface area contributed by atoms with Gasteiger partial charge in [0.2, 0.25) is 6.79 Å². The fourth-order valence-corrected chi connectivity index (χ4v) is 4.49. The Bertz CT molecular complexity index is 1030. The van der Waals surface area contributed by atoms with Crippen molar-refractivity contribution in [2.24, 2.45) is 0 Å².